The van der Waals surface area contributed by atoms with Crippen LogP contribution in [0.2, 0.25) is 0 Å². The van der Waals surface area contributed by atoms with Crippen molar-refractivity contribution in [2.75, 3.05) is 18.4 Å². The van der Waals surface area contributed by atoms with Crippen LogP contribution in [-0.4, -0.2) is 46.5 Å². The van der Waals surface area contributed by atoms with Crippen molar-refractivity contribution >= 4 is 21.7 Å². The van der Waals surface area contributed by atoms with E-state index in [1.54, 1.807) is 50.4 Å². The predicted octanol–water partition coefficient (Wildman–Crippen LogP) is 2.86. The van der Waals surface area contributed by atoms with Gasteiger partial charge in [0.2, 0.25) is 10.0 Å². The molecular formula is C20H23N5O3S. The van der Waals surface area contributed by atoms with Crippen LogP contribution in [0.1, 0.15) is 29.9 Å². The molecule has 29 heavy (non-hydrogen) atoms. The maximum atomic E-state index is 12.8. The number of nitrogens with zero attached hydrogens (tertiary/aromatic N) is 4. The molecule has 0 aliphatic carbocycles. The van der Waals surface area contributed by atoms with Crippen molar-refractivity contribution in [2.24, 2.45) is 0 Å². The molecule has 0 unspecified atom stereocenters. The number of anilines is 1. The number of rotatable bonds is 7. The van der Waals surface area contributed by atoms with Crippen molar-refractivity contribution in [1.29, 1.82) is 0 Å². The summed E-state index contributed by atoms with van der Waals surface area (Å²) in [7, 11) is -3.65. The first-order chi connectivity index (χ1) is 13.9. The van der Waals surface area contributed by atoms with Gasteiger partial charge in [-0.05, 0) is 37.3 Å². The zero-order valence-corrected chi connectivity index (χ0v) is 17.3. The van der Waals surface area contributed by atoms with Crippen LogP contribution < -0.4 is 5.32 Å². The lowest BCUT2D eigenvalue weighted by atomic mass is 10.2. The number of aryl methyl sites for hydroxylation is 1. The molecule has 0 bridgehead atoms. The lowest BCUT2D eigenvalue weighted by molar-refractivity contribution is 0.102. The molecule has 0 saturated carbocycles. The number of pyridine rings is 1. The monoisotopic (exact) mass is 413 g/mol. The van der Waals surface area contributed by atoms with Crippen molar-refractivity contribution in [2.45, 2.75) is 25.7 Å². The van der Waals surface area contributed by atoms with Crippen molar-refractivity contribution in [3.05, 3.63) is 66.0 Å². The molecule has 0 atom stereocenters. The van der Waals surface area contributed by atoms with Gasteiger partial charge in [0, 0.05) is 30.9 Å². The molecule has 0 spiro atoms. The van der Waals surface area contributed by atoms with E-state index in [4.69, 9.17) is 0 Å². The van der Waals surface area contributed by atoms with Gasteiger partial charge in [0.1, 0.15) is 5.82 Å². The van der Waals surface area contributed by atoms with Gasteiger partial charge in [-0.25, -0.2) is 13.4 Å². The maximum Gasteiger partial charge on any atom is 0.256 e. The Morgan fingerprint density at radius 1 is 1.10 bits per heavy atom. The Balaban J connectivity index is 1.90. The number of sulfonamides is 1. The molecule has 3 rings (SSSR count). The fourth-order valence-electron chi connectivity index (χ4n) is 2.94. The standard InChI is InChI=1S/C20H23N5O3S/c1-4-24(5-2)29(27,28)17-10-8-9-16(14-17)20(26)22-19-13-15(3)23-25(19)18-11-6-7-12-21-18/h6-14H,4-5H2,1-3H3,(H,22,26). The van der Waals surface area contributed by atoms with Crippen LogP contribution in [0.15, 0.2) is 59.6 Å². The van der Waals surface area contributed by atoms with E-state index in [0.29, 0.717) is 30.4 Å². The van der Waals surface area contributed by atoms with E-state index in [9.17, 15) is 13.2 Å². The number of hydrogen-bond acceptors (Lipinski definition) is 5. The van der Waals surface area contributed by atoms with Crippen LogP contribution in [0.25, 0.3) is 5.82 Å². The minimum atomic E-state index is -3.65. The molecule has 1 N–H and O–H groups in total. The molecule has 2 heterocycles. The number of nitrogens with one attached hydrogen (secondary N) is 1. The van der Waals surface area contributed by atoms with Gasteiger partial charge in [0.05, 0.1) is 10.6 Å². The highest BCUT2D eigenvalue weighted by Crippen LogP contribution is 2.19. The average molecular weight is 414 g/mol. The highest BCUT2D eigenvalue weighted by molar-refractivity contribution is 7.89. The Morgan fingerprint density at radius 3 is 2.52 bits per heavy atom. The molecule has 0 saturated heterocycles. The number of carbonyl (C=O) groups excluding carboxylic acids is 1. The minimum Gasteiger partial charge on any atom is -0.306 e. The van der Waals surface area contributed by atoms with Crippen LogP contribution in [-0.2, 0) is 10.0 Å². The van der Waals surface area contributed by atoms with Gasteiger partial charge in [-0.3, -0.25) is 4.79 Å². The van der Waals surface area contributed by atoms with E-state index in [1.807, 2.05) is 13.0 Å². The topological polar surface area (TPSA) is 97.2 Å². The summed E-state index contributed by atoms with van der Waals surface area (Å²) in [5.41, 5.74) is 0.952. The van der Waals surface area contributed by atoms with E-state index < -0.39 is 15.9 Å². The second kappa shape index (κ2) is 8.54. The molecule has 0 aliphatic heterocycles. The second-order valence-corrected chi connectivity index (χ2v) is 8.28. The van der Waals surface area contributed by atoms with Gasteiger partial charge in [0.15, 0.2) is 5.82 Å². The quantitative estimate of drug-likeness (QED) is 0.642. The Labute approximate surface area is 170 Å². The minimum absolute atomic E-state index is 0.0864. The SMILES string of the molecule is CCN(CC)S(=O)(=O)c1cccc(C(=O)Nc2cc(C)nn2-c2ccccn2)c1. The molecule has 3 aromatic rings. The summed E-state index contributed by atoms with van der Waals surface area (Å²) >= 11 is 0. The number of benzene rings is 1. The van der Waals surface area contributed by atoms with Crippen molar-refractivity contribution in [3.8, 4) is 5.82 Å². The molecule has 0 aliphatic rings. The molecule has 0 fully saturated rings. The number of amides is 1. The van der Waals surface area contributed by atoms with Crippen LogP contribution in [0, 0.1) is 6.92 Å². The highest BCUT2D eigenvalue weighted by Gasteiger charge is 2.23. The summed E-state index contributed by atoms with van der Waals surface area (Å²) in [4.78, 5) is 17.2. The Morgan fingerprint density at radius 2 is 1.86 bits per heavy atom. The summed E-state index contributed by atoms with van der Waals surface area (Å²) in [5.74, 6) is 0.579. The van der Waals surface area contributed by atoms with Crippen LogP contribution in [0.4, 0.5) is 5.82 Å². The summed E-state index contributed by atoms with van der Waals surface area (Å²) in [6.07, 6.45) is 1.64. The first-order valence-electron chi connectivity index (χ1n) is 9.26. The van der Waals surface area contributed by atoms with Gasteiger partial charge in [-0.15, -0.1) is 0 Å². The van der Waals surface area contributed by atoms with Gasteiger partial charge >= 0.3 is 0 Å². The molecule has 8 nitrogen and oxygen atoms in total. The van der Waals surface area contributed by atoms with Gasteiger partial charge in [-0.2, -0.15) is 14.1 Å². The second-order valence-electron chi connectivity index (χ2n) is 6.34. The summed E-state index contributed by atoms with van der Waals surface area (Å²) < 4.78 is 28.4. The summed E-state index contributed by atoms with van der Waals surface area (Å²) in [5, 5.41) is 7.16. The highest BCUT2D eigenvalue weighted by atomic mass is 32.2. The number of hydrogen-bond donors (Lipinski definition) is 1. The van der Waals surface area contributed by atoms with Gasteiger partial charge in [0.25, 0.3) is 5.91 Å². The molecule has 9 heteroatoms. The molecule has 2 aromatic heterocycles. The maximum absolute atomic E-state index is 12.8. The third-order valence-electron chi connectivity index (χ3n) is 4.38. The average Bonchev–Trinajstić information content (AvgIpc) is 3.09. The van der Waals surface area contributed by atoms with E-state index in [1.165, 1.54) is 21.1 Å². The number of carbonyl (C=O) groups is 1. The van der Waals surface area contributed by atoms with E-state index >= 15 is 0 Å². The summed E-state index contributed by atoms with van der Waals surface area (Å²) in [6, 6.07) is 13.1. The lowest BCUT2D eigenvalue weighted by Crippen LogP contribution is -2.30. The van der Waals surface area contributed by atoms with Crippen LogP contribution >= 0.6 is 0 Å². The zero-order chi connectivity index (χ0) is 21.0. The molecule has 1 aromatic carbocycles. The van der Waals surface area contributed by atoms with Crippen molar-refractivity contribution < 1.29 is 13.2 Å². The third kappa shape index (κ3) is 4.36. The number of aromatic nitrogens is 3. The fraction of sp³-hybridized carbons (Fsp3) is 0.250. The normalized spacial score (nSPS) is 11.6. The van der Waals surface area contributed by atoms with Crippen molar-refractivity contribution in [3.63, 3.8) is 0 Å². The predicted molar refractivity (Wildman–Crippen MR) is 111 cm³/mol. The Bertz CT molecular complexity index is 1110. The molecule has 0 radical (unpaired) electrons. The molecular weight excluding hydrogens is 390 g/mol. The van der Waals surface area contributed by atoms with E-state index in [0.717, 1.165) is 0 Å². The van der Waals surface area contributed by atoms with E-state index in [-0.39, 0.29) is 10.5 Å². The fourth-order valence-corrected chi connectivity index (χ4v) is 4.45. The third-order valence-corrected chi connectivity index (χ3v) is 6.42. The largest absolute Gasteiger partial charge is 0.306 e. The zero-order valence-electron chi connectivity index (χ0n) is 16.5. The first kappa shape index (κ1) is 20.7. The lowest BCUT2D eigenvalue weighted by Gasteiger charge is -2.18. The van der Waals surface area contributed by atoms with Crippen LogP contribution in [0.3, 0.4) is 0 Å². The summed E-state index contributed by atoms with van der Waals surface area (Å²) in [6.45, 7) is 6.08. The Kier molecular flexibility index (Phi) is 6.09. The smallest absolute Gasteiger partial charge is 0.256 e. The molecule has 1 amide bonds. The van der Waals surface area contributed by atoms with E-state index in [2.05, 4.69) is 15.4 Å². The van der Waals surface area contributed by atoms with Crippen LogP contribution in [0.5, 0.6) is 0 Å². The Hall–Kier alpha value is -3.04. The van der Waals surface area contributed by atoms with Crippen molar-refractivity contribution in [1.82, 2.24) is 19.1 Å². The van der Waals surface area contributed by atoms with Gasteiger partial charge in [-0.1, -0.05) is 26.0 Å². The molecule has 152 valence electrons. The van der Waals surface area contributed by atoms with Gasteiger partial charge < -0.3 is 5.32 Å². The first-order valence-corrected chi connectivity index (χ1v) is 10.7.